The molecule has 162 valence electrons. The molecule has 1 aliphatic heterocycles. The van der Waals surface area contributed by atoms with E-state index in [0.717, 1.165) is 46.7 Å². The molecule has 0 atom stereocenters. The smallest absolute Gasteiger partial charge is 0.235 e. The molecule has 0 saturated carbocycles. The maximum absolute atomic E-state index is 13.5. The molecular weight excluding hydrogens is 378 g/mol. The van der Waals surface area contributed by atoms with Gasteiger partial charge in [0.1, 0.15) is 11.5 Å². The highest BCUT2D eigenvalue weighted by molar-refractivity contribution is 5.99. The quantitative estimate of drug-likeness (QED) is 0.608. The number of methoxy groups -OCH3 is 1. The van der Waals surface area contributed by atoms with Crippen LogP contribution in [-0.4, -0.2) is 32.8 Å². The molecule has 0 bridgehead atoms. The monoisotopic (exact) mass is 411 g/mol. The SMILES string of the molecule is CCCCOc1c(C)cc(NC(=O)C2(c3ccc(OC)cc3)CCOCC2)cc1C. The first-order valence-electron chi connectivity index (χ1n) is 10.8. The van der Waals surface area contributed by atoms with Gasteiger partial charge in [-0.1, -0.05) is 25.5 Å². The minimum Gasteiger partial charge on any atom is -0.497 e. The number of carbonyl (C=O) groups excluding carboxylic acids is 1. The Balaban J connectivity index is 1.84. The summed E-state index contributed by atoms with van der Waals surface area (Å²) in [4.78, 5) is 13.5. The average Bonchev–Trinajstić information content (AvgIpc) is 2.76. The molecule has 2 aromatic rings. The number of hydrogen-bond donors (Lipinski definition) is 1. The van der Waals surface area contributed by atoms with Crippen molar-refractivity contribution in [1.82, 2.24) is 0 Å². The Hall–Kier alpha value is -2.53. The van der Waals surface area contributed by atoms with Gasteiger partial charge in [0.15, 0.2) is 0 Å². The molecule has 0 aliphatic carbocycles. The van der Waals surface area contributed by atoms with Crippen LogP contribution in [0.1, 0.15) is 49.3 Å². The lowest BCUT2D eigenvalue weighted by Gasteiger charge is -2.36. The van der Waals surface area contributed by atoms with E-state index in [9.17, 15) is 4.79 Å². The van der Waals surface area contributed by atoms with Gasteiger partial charge in [-0.05, 0) is 74.1 Å². The third kappa shape index (κ3) is 4.78. The largest absolute Gasteiger partial charge is 0.497 e. The molecule has 1 aliphatic rings. The van der Waals surface area contributed by atoms with Crippen LogP contribution in [-0.2, 0) is 14.9 Å². The van der Waals surface area contributed by atoms with Crippen LogP contribution in [0, 0.1) is 13.8 Å². The predicted octanol–water partition coefficient (Wildman–Crippen LogP) is 5.18. The lowest BCUT2D eigenvalue weighted by atomic mass is 9.73. The van der Waals surface area contributed by atoms with E-state index in [1.807, 2.05) is 50.2 Å². The molecule has 1 amide bonds. The Morgan fingerprint density at radius 1 is 1.10 bits per heavy atom. The maximum atomic E-state index is 13.5. The zero-order valence-electron chi connectivity index (χ0n) is 18.5. The van der Waals surface area contributed by atoms with Gasteiger partial charge in [0.25, 0.3) is 0 Å². The van der Waals surface area contributed by atoms with Crippen LogP contribution < -0.4 is 14.8 Å². The van der Waals surface area contributed by atoms with Crippen LogP contribution >= 0.6 is 0 Å². The van der Waals surface area contributed by atoms with Crippen LogP contribution in [0.2, 0.25) is 0 Å². The number of anilines is 1. The van der Waals surface area contributed by atoms with Gasteiger partial charge in [0, 0.05) is 18.9 Å². The van der Waals surface area contributed by atoms with Gasteiger partial charge >= 0.3 is 0 Å². The molecule has 1 fully saturated rings. The molecule has 0 radical (unpaired) electrons. The predicted molar refractivity (Wildman–Crippen MR) is 120 cm³/mol. The van der Waals surface area contributed by atoms with E-state index in [1.165, 1.54) is 0 Å². The molecule has 5 nitrogen and oxygen atoms in total. The van der Waals surface area contributed by atoms with Gasteiger partial charge in [-0.25, -0.2) is 0 Å². The Bertz CT molecular complexity index is 831. The van der Waals surface area contributed by atoms with E-state index in [2.05, 4.69) is 12.2 Å². The first-order chi connectivity index (χ1) is 14.5. The number of carbonyl (C=O) groups is 1. The molecule has 3 rings (SSSR count). The van der Waals surface area contributed by atoms with Crippen molar-refractivity contribution in [2.24, 2.45) is 0 Å². The van der Waals surface area contributed by atoms with Crippen molar-refractivity contribution >= 4 is 11.6 Å². The Morgan fingerprint density at radius 2 is 1.73 bits per heavy atom. The van der Waals surface area contributed by atoms with Crippen molar-refractivity contribution in [1.29, 1.82) is 0 Å². The third-order valence-corrected chi connectivity index (χ3v) is 5.89. The summed E-state index contributed by atoms with van der Waals surface area (Å²) in [6.45, 7) is 8.06. The highest BCUT2D eigenvalue weighted by atomic mass is 16.5. The molecule has 2 aromatic carbocycles. The van der Waals surface area contributed by atoms with Crippen molar-refractivity contribution in [2.75, 3.05) is 32.2 Å². The van der Waals surface area contributed by atoms with Crippen molar-refractivity contribution in [3.8, 4) is 11.5 Å². The zero-order valence-corrected chi connectivity index (χ0v) is 18.5. The van der Waals surface area contributed by atoms with Crippen LogP contribution in [0.3, 0.4) is 0 Å². The number of benzene rings is 2. The third-order valence-electron chi connectivity index (χ3n) is 5.89. The Morgan fingerprint density at radius 3 is 2.30 bits per heavy atom. The number of ether oxygens (including phenoxy) is 3. The molecule has 1 heterocycles. The van der Waals surface area contributed by atoms with Gasteiger partial charge in [0.2, 0.25) is 5.91 Å². The Labute approximate surface area is 179 Å². The fourth-order valence-corrected chi connectivity index (χ4v) is 4.10. The summed E-state index contributed by atoms with van der Waals surface area (Å²) in [5.41, 5.74) is 3.26. The van der Waals surface area contributed by atoms with Crippen LogP contribution in [0.25, 0.3) is 0 Å². The van der Waals surface area contributed by atoms with E-state index in [0.29, 0.717) is 32.7 Å². The highest BCUT2D eigenvalue weighted by Crippen LogP contribution is 2.37. The molecular formula is C25H33NO4. The second kappa shape index (κ2) is 9.98. The second-order valence-electron chi connectivity index (χ2n) is 8.02. The molecule has 0 unspecified atom stereocenters. The molecule has 0 spiro atoms. The summed E-state index contributed by atoms with van der Waals surface area (Å²) in [5, 5.41) is 3.17. The first kappa shape index (κ1) is 22.2. The van der Waals surface area contributed by atoms with E-state index >= 15 is 0 Å². The normalized spacial score (nSPS) is 15.5. The fraction of sp³-hybridized carbons (Fsp3) is 0.480. The van der Waals surface area contributed by atoms with Crippen molar-refractivity contribution < 1.29 is 19.0 Å². The van der Waals surface area contributed by atoms with Gasteiger partial charge in [0.05, 0.1) is 19.1 Å². The van der Waals surface area contributed by atoms with Crippen LogP contribution in [0.15, 0.2) is 36.4 Å². The fourth-order valence-electron chi connectivity index (χ4n) is 4.10. The average molecular weight is 412 g/mol. The van der Waals surface area contributed by atoms with E-state index in [1.54, 1.807) is 7.11 Å². The maximum Gasteiger partial charge on any atom is 0.235 e. The van der Waals surface area contributed by atoms with Gasteiger partial charge in [-0.15, -0.1) is 0 Å². The molecule has 0 aromatic heterocycles. The topological polar surface area (TPSA) is 56.8 Å². The zero-order chi connectivity index (χ0) is 21.6. The standard InChI is InChI=1S/C25H33NO4/c1-5-6-13-30-23-18(2)16-21(17-19(23)3)26-24(27)25(11-14-29-15-12-25)20-7-9-22(28-4)10-8-20/h7-10,16-17H,5-6,11-15H2,1-4H3,(H,26,27). The Kier molecular flexibility index (Phi) is 7.38. The summed E-state index contributed by atoms with van der Waals surface area (Å²) < 4.78 is 16.8. The molecule has 30 heavy (non-hydrogen) atoms. The number of aryl methyl sites for hydroxylation is 2. The van der Waals surface area contributed by atoms with Crippen LogP contribution in [0.4, 0.5) is 5.69 Å². The molecule has 1 N–H and O–H groups in total. The van der Waals surface area contributed by atoms with Crippen molar-refractivity contribution in [2.45, 2.75) is 51.9 Å². The van der Waals surface area contributed by atoms with E-state index < -0.39 is 5.41 Å². The summed E-state index contributed by atoms with van der Waals surface area (Å²) in [6.07, 6.45) is 3.44. The summed E-state index contributed by atoms with van der Waals surface area (Å²) in [5.74, 6) is 1.71. The minimum absolute atomic E-state index is 0.00872. The first-order valence-corrected chi connectivity index (χ1v) is 10.8. The minimum atomic E-state index is -0.609. The number of amides is 1. The number of rotatable bonds is 8. The molecule has 5 heteroatoms. The van der Waals surface area contributed by atoms with Crippen molar-refractivity contribution in [3.63, 3.8) is 0 Å². The number of hydrogen-bond acceptors (Lipinski definition) is 4. The van der Waals surface area contributed by atoms with Crippen LogP contribution in [0.5, 0.6) is 11.5 Å². The lowest BCUT2D eigenvalue weighted by Crippen LogP contribution is -2.44. The summed E-state index contributed by atoms with van der Waals surface area (Å²) in [7, 11) is 1.65. The van der Waals surface area contributed by atoms with Crippen molar-refractivity contribution in [3.05, 3.63) is 53.1 Å². The highest BCUT2D eigenvalue weighted by Gasteiger charge is 2.41. The van der Waals surface area contributed by atoms with Gasteiger partial charge in [-0.3, -0.25) is 4.79 Å². The number of unbranched alkanes of at least 4 members (excludes halogenated alkanes) is 1. The van der Waals surface area contributed by atoms with E-state index in [4.69, 9.17) is 14.2 Å². The second-order valence-corrected chi connectivity index (χ2v) is 8.02. The van der Waals surface area contributed by atoms with Gasteiger partial charge < -0.3 is 19.5 Å². The van der Waals surface area contributed by atoms with E-state index in [-0.39, 0.29) is 5.91 Å². The summed E-state index contributed by atoms with van der Waals surface area (Å²) in [6, 6.07) is 11.8. The summed E-state index contributed by atoms with van der Waals surface area (Å²) >= 11 is 0. The number of nitrogens with one attached hydrogen (secondary N) is 1. The lowest BCUT2D eigenvalue weighted by molar-refractivity contribution is -0.125. The molecule has 1 saturated heterocycles. The van der Waals surface area contributed by atoms with Gasteiger partial charge in [-0.2, -0.15) is 0 Å².